The predicted octanol–water partition coefficient (Wildman–Crippen LogP) is 6.81. The molecular formula is C26H30O2S2. The molecule has 4 heteroatoms. The Kier molecular flexibility index (Phi) is 5.61. The van der Waals surface area contributed by atoms with E-state index in [0.29, 0.717) is 0 Å². The van der Waals surface area contributed by atoms with Crippen LogP contribution < -0.4 is 0 Å². The van der Waals surface area contributed by atoms with Crippen molar-refractivity contribution in [3.63, 3.8) is 0 Å². The summed E-state index contributed by atoms with van der Waals surface area (Å²) in [7, 11) is 0. The van der Waals surface area contributed by atoms with Crippen LogP contribution >= 0.6 is 23.5 Å². The molecule has 30 heavy (non-hydrogen) atoms. The first kappa shape index (κ1) is 21.6. The highest BCUT2D eigenvalue weighted by molar-refractivity contribution is 8.20. The van der Waals surface area contributed by atoms with Crippen molar-refractivity contribution < 1.29 is 9.90 Å². The average Bonchev–Trinajstić information content (AvgIpc) is 3.21. The van der Waals surface area contributed by atoms with Gasteiger partial charge >= 0.3 is 5.97 Å². The highest BCUT2D eigenvalue weighted by Crippen LogP contribution is 2.57. The van der Waals surface area contributed by atoms with Crippen molar-refractivity contribution in [2.24, 2.45) is 0 Å². The van der Waals surface area contributed by atoms with E-state index in [9.17, 15) is 4.79 Å². The summed E-state index contributed by atoms with van der Waals surface area (Å²) in [4.78, 5) is 10.8. The predicted molar refractivity (Wildman–Crippen MR) is 131 cm³/mol. The molecule has 0 spiro atoms. The normalized spacial score (nSPS) is 21.5. The zero-order valence-corrected chi connectivity index (χ0v) is 19.8. The number of hydrogen-bond acceptors (Lipinski definition) is 3. The van der Waals surface area contributed by atoms with Crippen LogP contribution in [0.15, 0.2) is 48.5 Å². The number of hydrogen-bond donors (Lipinski definition) is 1. The van der Waals surface area contributed by atoms with Crippen molar-refractivity contribution in [1.82, 2.24) is 0 Å². The van der Waals surface area contributed by atoms with Crippen LogP contribution in [0, 0.1) is 0 Å². The molecule has 1 fully saturated rings. The van der Waals surface area contributed by atoms with Gasteiger partial charge in [-0.15, -0.1) is 23.5 Å². The zero-order valence-electron chi connectivity index (χ0n) is 18.2. The molecule has 0 aromatic heterocycles. The van der Waals surface area contributed by atoms with Gasteiger partial charge in [-0.1, -0.05) is 70.2 Å². The SMILES string of the molecule is CC1(C)CCC(C)(C)c2cc(C3(c4ccc(/C=C/C(=O)O)cc4)SCCS3)ccc21. The van der Waals surface area contributed by atoms with Crippen LogP contribution in [0.25, 0.3) is 6.08 Å². The Balaban J connectivity index is 1.78. The van der Waals surface area contributed by atoms with E-state index in [-0.39, 0.29) is 14.9 Å². The minimum absolute atomic E-state index is 0.0955. The first-order valence-corrected chi connectivity index (χ1v) is 12.6. The van der Waals surface area contributed by atoms with Gasteiger partial charge in [0.2, 0.25) is 0 Å². The number of carboxylic acids is 1. The molecule has 0 radical (unpaired) electrons. The highest BCUT2D eigenvalue weighted by Gasteiger charge is 2.42. The third-order valence-electron chi connectivity index (χ3n) is 6.64. The fourth-order valence-electron chi connectivity index (χ4n) is 4.69. The van der Waals surface area contributed by atoms with Crippen LogP contribution in [0.5, 0.6) is 0 Å². The standard InChI is InChI=1S/C26H30O2S2/c1-24(2)13-14-25(3,4)22-17-20(10-11-21(22)24)26(29-15-16-30-26)19-8-5-18(6-9-19)7-12-23(27)28/h5-12,17H,13-16H2,1-4H3,(H,27,28)/b12-7+. The molecule has 0 saturated carbocycles. The van der Waals surface area contributed by atoms with Crippen LogP contribution in [0.2, 0.25) is 0 Å². The van der Waals surface area contributed by atoms with E-state index < -0.39 is 5.97 Å². The topological polar surface area (TPSA) is 37.3 Å². The van der Waals surface area contributed by atoms with Crippen LogP contribution in [-0.2, 0) is 19.7 Å². The van der Waals surface area contributed by atoms with E-state index in [1.807, 2.05) is 35.7 Å². The zero-order chi connectivity index (χ0) is 21.6. The fourth-order valence-corrected chi connectivity index (χ4v) is 7.95. The number of carboxylic acid groups (broad SMARTS) is 1. The number of thioether (sulfide) groups is 2. The molecule has 2 nitrogen and oxygen atoms in total. The van der Waals surface area contributed by atoms with Gasteiger partial charge in [-0.25, -0.2) is 4.79 Å². The Labute approximate surface area is 188 Å². The summed E-state index contributed by atoms with van der Waals surface area (Å²) in [5.41, 5.74) is 7.01. The minimum atomic E-state index is -0.919. The lowest BCUT2D eigenvalue weighted by molar-refractivity contribution is -0.131. The average molecular weight is 439 g/mol. The van der Waals surface area contributed by atoms with Gasteiger partial charge in [0.05, 0.1) is 0 Å². The molecule has 2 aliphatic rings. The van der Waals surface area contributed by atoms with Crippen LogP contribution in [0.3, 0.4) is 0 Å². The van der Waals surface area contributed by atoms with Crippen LogP contribution in [-0.4, -0.2) is 22.6 Å². The molecule has 1 saturated heterocycles. The lowest BCUT2D eigenvalue weighted by atomic mass is 9.63. The second-order valence-electron chi connectivity index (χ2n) is 9.64. The Morgan fingerprint density at radius 3 is 2.03 bits per heavy atom. The first-order chi connectivity index (χ1) is 14.1. The monoisotopic (exact) mass is 438 g/mol. The quantitative estimate of drug-likeness (QED) is 0.532. The fraction of sp³-hybridized carbons (Fsp3) is 0.423. The third-order valence-corrected chi connectivity index (χ3v) is 10.2. The molecule has 0 amide bonds. The maximum absolute atomic E-state index is 10.8. The summed E-state index contributed by atoms with van der Waals surface area (Å²) in [5, 5.41) is 8.87. The van der Waals surface area contributed by atoms with Crippen LogP contribution in [0.1, 0.15) is 68.4 Å². The molecule has 0 unspecified atom stereocenters. The van der Waals surface area contributed by atoms with E-state index in [0.717, 1.165) is 17.1 Å². The lowest BCUT2D eigenvalue weighted by Crippen LogP contribution is -2.34. The largest absolute Gasteiger partial charge is 0.478 e. The van der Waals surface area contributed by atoms with E-state index in [1.165, 1.54) is 41.2 Å². The molecule has 0 bridgehead atoms. The van der Waals surface area contributed by atoms with Gasteiger partial charge in [-0.2, -0.15) is 0 Å². The van der Waals surface area contributed by atoms with Gasteiger partial charge in [-0.05, 0) is 57.6 Å². The van der Waals surface area contributed by atoms with E-state index >= 15 is 0 Å². The Morgan fingerprint density at radius 1 is 0.867 bits per heavy atom. The first-order valence-electron chi connectivity index (χ1n) is 10.6. The second-order valence-corrected chi connectivity index (χ2v) is 12.5. The van der Waals surface area contributed by atoms with Crippen molar-refractivity contribution in [2.75, 3.05) is 11.5 Å². The van der Waals surface area contributed by atoms with Crippen molar-refractivity contribution in [1.29, 1.82) is 0 Å². The molecule has 1 aliphatic heterocycles. The van der Waals surface area contributed by atoms with Crippen molar-refractivity contribution in [2.45, 2.75) is 55.4 Å². The number of carbonyl (C=O) groups is 1. The molecule has 2 aromatic rings. The van der Waals surface area contributed by atoms with Gasteiger partial charge in [0.1, 0.15) is 4.08 Å². The molecule has 4 rings (SSSR count). The Bertz CT molecular complexity index is 981. The molecule has 158 valence electrons. The Morgan fingerprint density at radius 2 is 1.43 bits per heavy atom. The van der Waals surface area contributed by atoms with E-state index in [1.54, 1.807) is 6.08 Å². The van der Waals surface area contributed by atoms with Gasteiger partial charge in [0.25, 0.3) is 0 Å². The molecule has 1 N–H and O–H groups in total. The smallest absolute Gasteiger partial charge is 0.328 e. The van der Waals surface area contributed by atoms with Crippen molar-refractivity contribution in [3.8, 4) is 0 Å². The maximum Gasteiger partial charge on any atom is 0.328 e. The summed E-state index contributed by atoms with van der Waals surface area (Å²) >= 11 is 4.04. The lowest BCUT2D eigenvalue weighted by Gasteiger charge is -2.43. The number of fused-ring (bicyclic) bond motifs is 1. The maximum atomic E-state index is 10.8. The number of benzene rings is 2. The summed E-state index contributed by atoms with van der Waals surface area (Å²) in [5.74, 6) is 1.35. The molecule has 1 heterocycles. The summed E-state index contributed by atoms with van der Waals surface area (Å²) in [6.07, 6.45) is 5.29. The Hall–Kier alpha value is -1.65. The number of aliphatic carboxylic acids is 1. The number of rotatable bonds is 4. The summed E-state index contributed by atoms with van der Waals surface area (Å²) < 4.78 is -0.0955. The molecule has 2 aromatic carbocycles. The summed E-state index contributed by atoms with van der Waals surface area (Å²) in [6, 6.07) is 15.6. The van der Waals surface area contributed by atoms with E-state index in [2.05, 4.69) is 58.0 Å². The second kappa shape index (κ2) is 7.80. The van der Waals surface area contributed by atoms with Gasteiger partial charge in [0, 0.05) is 17.6 Å². The van der Waals surface area contributed by atoms with Crippen molar-refractivity contribution >= 4 is 35.6 Å². The highest BCUT2D eigenvalue weighted by atomic mass is 32.2. The molecule has 0 atom stereocenters. The van der Waals surface area contributed by atoms with Gasteiger partial charge in [-0.3, -0.25) is 0 Å². The van der Waals surface area contributed by atoms with Crippen LogP contribution in [0.4, 0.5) is 0 Å². The molecule has 1 aliphatic carbocycles. The van der Waals surface area contributed by atoms with E-state index in [4.69, 9.17) is 5.11 Å². The van der Waals surface area contributed by atoms with Gasteiger partial charge < -0.3 is 5.11 Å². The third kappa shape index (κ3) is 3.85. The minimum Gasteiger partial charge on any atom is -0.478 e. The van der Waals surface area contributed by atoms with Crippen molar-refractivity contribution in [3.05, 3.63) is 76.4 Å². The summed E-state index contributed by atoms with van der Waals surface area (Å²) in [6.45, 7) is 9.52. The molecular weight excluding hydrogens is 408 g/mol. The van der Waals surface area contributed by atoms with Gasteiger partial charge in [0.15, 0.2) is 0 Å².